The van der Waals surface area contributed by atoms with E-state index in [4.69, 9.17) is 44.3 Å². The van der Waals surface area contributed by atoms with E-state index in [-0.39, 0.29) is 73.3 Å². The summed E-state index contributed by atoms with van der Waals surface area (Å²) in [6.45, 7) is 0.916. The Labute approximate surface area is 254 Å². The number of aromatic hydroxyl groups is 3. The Kier molecular flexibility index (Phi) is 9.16. The Hall–Kier alpha value is -4.44. The number of carbonyl (C=O) groups is 3. The first-order valence-electron chi connectivity index (χ1n) is 12.1. The van der Waals surface area contributed by atoms with Crippen LogP contribution < -0.4 is 0 Å². The Morgan fingerprint density at radius 1 is 0.714 bits per heavy atom. The van der Waals surface area contributed by atoms with Gasteiger partial charge in [0.25, 0.3) is 0 Å². The van der Waals surface area contributed by atoms with Gasteiger partial charge in [0.15, 0.2) is 0 Å². The molecule has 0 atom stereocenters. The van der Waals surface area contributed by atoms with E-state index in [1.165, 1.54) is 49.4 Å². The predicted molar refractivity (Wildman–Crippen MR) is 155 cm³/mol. The van der Waals surface area contributed by atoms with Crippen molar-refractivity contribution in [1.29, 1.82) is 0 Å². The van der Waals surface area contributed by atoms with Crippen LogP contribution in [0.1, 0.15) is 47.8 Å². The van der Waals surface area contributed by atoms with Crippen molar-refractivity contribution < 1.29 is 44.3 Å². The molecule has 0 saturated carbocycles. The van der Waals surface area contributed by atoms with E-state index < -0.39 is 17.9 Å². The van der Waals surface area contributed by atoms with Gasteiger partial charge in [-0.15, -0.1) is 0 Å². The van der Waals surface area contributed by atoms with Crippen LogP contribution in [-0.2, 0) is 22.7 Å². The highest BCUT2D eigenvalue weighted by atomic mass is 35.5. The molecule has 4 aromatic carbocycles. The third-order valence-electron chi connectivity index (χ3n) is 6.19. The van der Waals surface area contributed by atoms with Gasteiger partial charge in [-0.1, -0.05) is 34.8 Å². The number of hydrogen-bond acceptors (Lipinski definition) is 8. The lowest BCUT2D eigenvalue weighted by Crippen LogP contribution is -2.07. The number of phenolic OH excluding ortho intramolecular Hbond substituents is 3. The summed E-state index contributed by atoms with van der Waals surface area (Å²) < 4.78 is 10.8. The smallest absolute Gasteiger partial charge is 0.338 e. The highest BCUT2D eigenvalue weighted by molar-refractivity contribution is 6.34. The molecule has 0 fully saturated rings. The molecule has 216 valence electrons. The molecule has 0 bridgehead atoms. The van der Waals surface area contributed by atoms with E-state index >= 15 is 0 Å². The second-order valence-electron chi connectivity index (χ2n) is 9.09. The van der Waals surface area contributed by atoms with Crippen molar-refractivity contribution in [1.82, 2.24) is 0 Å². The average Bonchev–Trinajstić information content (AvgIpc) is 2.96. The van der Waals surface area contributed by atoms with Crippen molar-refractivity contribution in [2.45, 2.75) is 20.1 Å². The fraction of sp³-hybridized carbons (Fsp3) is 0.100. The van der Waals surface area contributed by atoms with Crippen LogP contribution in [0.3, 0.4) is 0 Å². The van der Waals surface area contributed by atoms with Crippen LogP contribution in [0.5, 0.6) is 17.2 Å². The minimum absolute atomic E-state index is 0.0357. The first-order valence-corrected chi connectivity index (χ1v) is 13.2. The molecule has 0 spiro atoms. The summed E-state index contributed by atoms with van der Waals surface area (Å²) in [7, 11) is 0. The number of aromatic carboxylic acids is 1. The molecule has 0 radical (unpaired) electrons. The molecule has 4 aromatic rings. The lowest BCUT2D eigenvalue weighted by Gasteiger charge is -2.15. The van der Waals surface area contributed by atoms with Crippen LogP contribution in [0, 0.1) is 6.92 Å². The maximum absolute atomic E-state index is 12.6. The molecular weight excluding hydrogens is 611 g/mol. The zero-order valence-corrected chi connectivity index (χ0v) is 23.9. The fourth-order valence-corrected chi connectivity index (χ4v) is 4.56. The SMILES string of the molecule is Cc1c(C(=O)O)cc(-c2cc(COC(=O)c3ccc(O)c(Cl)c3)cc(COC(=O)c3ccc(O)c(Cl)c3)c2)c(O)c1Cl. The molecule has 9 nitrogen and oxygen atoms in total. The first kappa shape index (κ1) is 30.5. The molecule has 0 aliphatic rings. The number of carboxylic acid groups (broad SMARTS) is 1. The van der Waals surface area contributed by atoms with Gasteiger partial charge >= 0.3 is 17.9 Å². The van der Waals surface area contributed by atoms with Gasteiger partial charge in [-0.05, 0) is 89.8 Å². The molecule has 12 heteroatoms. The molecule has 0 aliphatic heterocycles. The normalized spacial score (nSPS) is 10.8. The molecule has 42 heavy (non-hydrogen) atoms. The van der Waals surface area contributed by atoms with Gasteiger partial charge in [0.1, 0.15) is 30.5 Å². The fourth-order valence-electron chi connectivity index (χ4n) is 3.99. The minimum Gasteiger partial charge on any atom is -0.506 e. The van der Waals surface area contributed by atoms with Crippen LogP contribution in [0.2, 0.25) is 15.1 Å². The van der Waals surface area contributed by atoms with Crippen molar-refractivity contribution in [3.8, 4) is 28.4 Å². The van der Waals surface area contributed by atoms with E-state index in [0.29, 0.717) is 16.7 Å². The van der Waals surface area contributed by atoms with Crippen molar-refractivity contribution in [3.05, 3.63) is 109 Å². The van der Waals surface area contributed by atoms with E-state index in [2.05, 4.69) is 0 Å². The molecule has 0 aliphatic carbocycles. The summed E-state index contributed by atoms with van der Waals surface area (Å²) in [4.78, 5) is 37.0. The quantitative estimate of drug-likeness (QED) is 0.149. The van der Waals surface area contributed by atoms with E-state index in [1.54, 1.807) is 18.2 Å². The molecule has 4 rings (SSSR count). The summed E-state index contributed by atoms with van der Waals surface area (Å²) in [5.74, 6) is -3.51. The van der Waals surface area contributed by atoms with E-state index in [1.807, 2.05) is 0 Å². The summed E-state index contributed by atoms with van der Waals surface area (Å²) in [5.41, 5.74) is 1.40. The number of rotatable bonds is 8. The number of hydrogen-bond donors (Lipinski definition) is 4. The van der Waals surface area contributed by atoms with Crippen LogP contribution in [0.15, 0.2) is 60.7 Å². The zero-order chi connectivity index (χ0) is 30.7. The maximum Gasteiger partial charge on any atom is 0.338 e. The van der Waals surface area contributed by atoms with Crippen LogP contribution >= 0.6 is 34.8 Å². The van der Waals surface area contributed by atoms with Gasteiger partial charge in [-0.2, -0.15) is 0 Å². The van der Waals surface area contributed by atoms with Crippen molar-refractivity contribution in [2.75, 3.05) is 0 Å². The second kappa shape index (κ2) is 12.6. The lowest BCUT2D eigenvalue weighted by atomic mass is 9.95. The molecule has 0 heterocycles. The standard InChI is InChI=1S/C30H21Cl3O9/c1-14-20(28(37)38)11-21(27(36)26(14)33)19-7-15(12-41-29(39)17-2-4-24(34)22(31)9-17)6-16(8-19)13-42-30(40)18-3-5-25(35)23(32)10-18/h2-11,34-36H,12-13H2,1H3,(H,37,38). The third kappa shape index (κ3) is 6.71. The highest BCUT2D eigenvalue weighted by Crippen LogP contribution is 2.40. The van der Waals surface area contributed by atoms with Gasteiger partial charge in [0, 0.05) is 5.56 Å². The highest BCUT2D eigenvalue weighted by Gasteiger charge is 2.20. The number of esters is 2. The molecule has 0 saturated heterocycles. The van der Waals surface area contributed by atoms with Crippen LogP contribution in [0.25, 0.3) is 11.1 Å². The minimum atomic E-state index is -1.25. The number of ether oxygens (including phenoxy) is 2. The van der Waals surface area contributed by atoms with Crippen molar-refractivity contribution in [2.24, 2.45) is 0 Å². The maximum atomic E-state index is 12.6. The van der Waals surface area contributed by atoms with Gasteiger partial charge in [0.05, 0.1) is 31.8 Å². The van der Waals surface area contributed by atoms with E-state index in [9.17, 15) is 34.8 Å². The van der Waals surface area contributed by atoms with Crippen molar-refractivity contribution in [3.63, 3.8) is 0 Å². The van der Waals surface area contributed by atoms with Gasteiger partial charge in [-0.3, -0.25) is 0 Å². The van der Waals surface area contributed by atoms with E-state index in [0.717, 1.165) is 0 Å². The molecule has 0 unspecified atom stereocenters. The first-order chi connectivity index (χ1) is 19.8. The zero-order valence-electron chi connectivity index (χ0n) is 21.7. The second-order valence-corrected chi connectivity index (χ2v) is 10.3. The van der Waals surface area contributed by atoms with Gasteiger partial charge < -0.3 is 29.9 Å². The Bertz CT molecular complexity index is 1650. The number of carbonyl (C=O) groups excluding carboxylic acids is 2. The lowest BCUT2D eigenvalue weighted by molar-refractivity contribution is 0.0471. The summed E-state index contributed by atoms with van der Waals surface area (Å²) >= 11 is 18.0. The summed E-state index contributed by atoms with van der Waals surface area (Å²) in [6, 6.07) is 13.6. The van der Waals surface area contributed by atoms with Gasteiger partial charge in [-0.25, -0.2) is 14.4 Å². The Morgan fingerprint density at radius 2 is 1.19 bits per heavy atom. The molecule has 0 amide bonds. The Balaban J connectivity index is 1.68. The molecule has 0 aromatic heterocycles. The monoisotopic (exact) mass is 630 g/mol. The number of carboxylic acids is 1. The largest absolute Gasteiger partial charge is 0.506 e. The predicted octanol–water partition coefficient (Wildman–Crippen LogP) is 7.15. The average molecular weight is 632 g/mol. The van der Waals surface area contributed by atoms with Crippen LogP contribution in [-0.4, -0.2) is 38.3 Å². The number of halogens is 3. The summed E-state index contributed by atoms with van der Waals surface area (Å²) in [5, 5.41) is 39.4. The molecule has 4 N–H and O–H groups in total. The Morgan fingerprint density at radius 3 is 1.62 bits per heavy atom. The third-order valence-corrected chi connectivity index (χ3v) is 7.25. The van der Waals surface area contributed by atoms with Crippen LogP contribution in [0.4, 0.5) is 0 Å². The molecular formula is C30H21Cl3O9. The van der Waals surface area contributed by atoms with Crippen molar-refractivity contribution >= 4 is 52.7 Å². The van der Waals surface area contributed by atoms with Gasteiger partial charge in [0.2, 0.25) is 0 Å². The number of benzene rings is 4. The topological polar surface area (TPSA) is 151 Å². The summed E-state index contributed by atoms with van der Waals surface area (Å²) in [6.07, 6.45) is 0. The number of phenols is 3.